The number of Topliss-reactive ketones (excluding diaryl/α,β-unsaturated/α-hetero) is 1. The van der Waals surface area contributed by atoms with Crippen LogP contribution in [-0.2, 0) is 14.3 Å². The standard InChI is InChI=1S/C9H11NO4/c11-6-5-14-8(7(6)9(12)13)10-3-1-2-4-10/h1-5H2,(H,12,13). The molecule has 0 unspecified atom stereocenters. The van der Waals surface area contributed by atoms with Crippen LogP contribution in [0.5, 0.6) is 0 Å². The summed E-state index contributed by atoms with van der Waals surface area (Å²) < 4.78 is 5.10. The first kappa shape index (κ1) is 9.05. The van der Waals surface area contributed by atoms with Crippen LogP contribution in [0.1, 0.15) is 12.8 Å². The zero-order chi connectivity index (χ0) is 10.1. The summed E-state index contributed by atoms with van der Waals surface area (Å²) in [5.74, 6) is -1.35. The Labute approximate surface area is 80.9 Å². The van der Waals surface area contributed by atoms with Gasteiger partial charge in [-0.2, -0.15) is 0 Å². The average molecular weight is 197 g/mol. The third-order valence-electron chi connectivity index (χ3n) is 2.44. The van der Waals surface area contributed by atoms with Gasteiger partial charge in [-0.25, -0.2) is 4.79 Å². The molecule has 0 atom stereocenters. The highest BCUT2D eigenvalue weighted by atomic mass is 16.5. The van der Waals surface area contributed by atoms with Gasteiger partial charge < -0.3 is 14.7 Å². The number of hydrogen-bond donors (Lipinski definition) is 1. The topological polar surface area (TPSA) is 66.8 Å². The summed E-state index contributed by atoms with van der Waals surface area (Å²) >= 11 is 0. The number of carboxylic acid groups (broad SMARTS) is 1. The fourth-order valence-electron chi connectivity index (χ4n) is 1.78. The van der Waals surface area contributed by atoms with E-state index in [1.807, 2.05) is 4.90 Å². The molecule has 2 rings (SSSR count). The number of hydrogen-bond acceptors (Lipinski definition) is 4. The fourth-order valence-corrected chi connectivity index (χ4v) is 1.78. The van der Waals surface area contributed by atoms with E-state index >= 15 is 0 Å². The third kappa shape index (κ3) is 1.34. The minimum atomic E-state index is -1.19. The van der Waals surface area contributed by atoms with Crippen molar-refractivity contribution < 1.29 is 19.4 Å². The number of nitrogens with zero attached hydrogens (tertiary/aromatic N) is 1. The molecule has 1 fully saturated rings. The Bertz CT molecular complexity index is 315. The number of likely N-dealkylation sites (tertiary alicyclic amines) is 1. The number of carbonyl (C=O) groups is 2. The number of ether oxygens (including phenoxy) is 1. The smallest absolute Gasteiger partial charge is 0.344 e. The molecule has 0 aliphatic carbocycles. The van der Waals surface area contributed by atoms with Gasteiger partial charge in [-0.15, -0.1) is 0 Å². The van der Waals surface area contributed by atoms with Crippen molar-refractivity contribution in [3.8, 4) is 0 Å². The third-order valence-corrected chi connectivity index (χ3v) is 2.44. The van der Waals surface area contributed by atoms with Crippen LogP contribution in [0.2, 0.25) is 0 Å². The Balaban J connectivity index is 2.29. The van der Waals surface area contributed by atoms with E-state index in [9.17, 15) is 9.59 Å². The monoisotopic (exact) mass is 197 g/mol. The molecule has 0 spiro atoms. The molecule has 0 saturated carbocycles. The Kier molecular flexibility index (Phi) is 2.15. The molecule has 0 aromatic carbocycles. The molecule has 1 saturated heterocycles. The van der Waals surface area contributed by atoms with Crippen LogP contribution in [0.25, 0.3) is 0 Å². The summed E-state index contributed by atoms with van der Waals surface area (Å²) in [5, 5.41) is 8.83. The molecule has 2 aliphatic heterocycles. The van der Waals surface area contributed by atoms with Gasteiger partial charge in [0, 0.05) is 13.1 Å². The maximum absolute atomic E-state index is 11.2. The molecular weight excluding hydrogens is 186 g/mol. The molecule has 2 heterocycles. The van der Waals surface area contributed by atoms with Gasteiger partial charge in [0.15, 0.2) is 12.2 Å². The zero-order valence-electron chi connectivity index (χ0n) is 7.65. The van der Waals surface area contributed by atoms with E-state index in [0.29, 0.717) is 0 Å². The van der Waals surface area contributed by atoms with Gasteiger partial charge in [-0.05, 0) is 12.8 Å². The maximum Gasteiger partial charge on any atom is 0.344 e. The predicted octanol–water partition coefficient (Wildman–Crippen LogP) is -0.0223. The summed E-state index contributed by atoms with van der Waals surface area (Å²) in [4.78, 5) is 23.8. The van der Waals surface area contributed by atoms with Crippen LogP contribution in [-0.4, -0.2) is 41.5 Å². The van der Waals surface area contributed by atoms with Crippen molar-refractivity contribution >= 4 is 11.8 Å². The van der Waals surface area contributed by atoms with Gasteiger partial charge in [-0.3, -0.25) is 4.79 Å². The molecule has 5 heteroatoms. The van der Waals surface area contributed by atoms with E-state index in [0.717, 1.165) is 25.9 Å². The molecule has 2 aliphatic rings. The van der Waals surface area contributed by atoms with Crippen LogP contribution in [0.3, 0.4) is 0 Å². The molecule has 0 aromatic heterocycles. The van der Waals surface area contributed by atoms with E-state index in [1.165, 1.54) is 0 Å². The summed E-state index contributed by atoms with van der Waals surface area (Å²) in [7, 11) is 0. The van der Waals surface area contributed by atoms with E-state index in [4.69, 9.17) is 9.84 Å². The van der Waals surface area contributed by atoms with Gasteiger partial charge in [0.2, 0.25) is 11.7 Å². The van der Waals surface area contributed by atoms with Crippen molar-refractivity contribution in [2.45, 2.75) is 12.8 Å². The Morgan fingerprint density at radius 1 is 1.36 bits per heavy atom. The molecule has 14 heavy (non-hydrogen) atoms. The van der Waals surface area contributed by atoms with Crippen LogP contribution in [0.4, 0.5) is 0 Å². The minimum absolute atomic E-state index is 0.131. The lowest BCUT2D eigenvalue weighted by Crippen LogP contribution is -2.21. The summed E-state index contributed by atoms with van der Waals surface area (Å²) in [6.45, 7) is 1.42. The van der Waals surface area contributed by atoms with Crippen molar-refractivity contribution in [2.75, 3.05) is 19.7 Å². The normalized spacial score (nSPS) is 21.7. The first-order chi connectivity index (χ1) is 6.70. The van der Waals surface area contributed by atoms with Crippen LogP contribution in [0, 0.1) is 0 Å². The molecule has 0 radical (unpaired) electrons. The SMILES string of the molecule is O=C(O)C1=C(N2CCCC2)OCC1=O. The molecule has 5 nitrogen and oxygen atoms in total. The van der Waals surface area contributed by atoms with Gasteiger partial charge in [0.25, 0.3) is 0 Å². The van der Waals surface area contributed by atoms with Gasteiger partial charge in [0.05, 0.1) is 0 Å². The molecule has 0 amide bonds. The second kappa shape index (κ2) is 3.32. The molecule has 0 bridgehead atoms. The fraction of sp³-hybridized carbons (Fsp3) is 0.556. The summed E-state index contributed by atoms with van der Waals surface area (Å²) in [5.41, 5.74) is -0.188. The minimum Gasteiger partial charge on any atom is -0.477 e. The maximum atomic E-state index is 11.2. The number of rotatable bonds is 2. The second-order valence-electron chi connectivity index (χ2n) is 3.39. The van der Waals surface area contributed by atoms with Gasteiger partial charge >= 0.3 is 5.97 Å². The van der Waals surface area contributed by atoms with Crippen LogP contribution in [0.15, 0.2) is 11.5 Å². The van der Waals surface area contributed by atoms with E-state index in [-0.39, 0.29) is 18.1 Å². The van der Waals surface area contributed by atoms with Crippen molar-refractivity contribution in [1.82, 2.24) is 4.90 Å². The lowest BCUT2D eigenvalue weighted by molar-refractivity contribution is -0.134. The molecular formula is C9H11NO4. The van der Waals surface area contributed by atoms with Gasteiger partial charge in [-0.1, -0.05) is 0 Å². The lowest BCUT2D eigenvalue weighted by Gasteiger charge is -2.17. The number of carbonyl (C=O) groups excluding carboxylic acids is 1. The van der Waals surface area contributed by atoms with E-state index < -0.39 is 11.8 Å². The summed E-state index contributed by atoms with van der Waals surface area (Å²) in [6, 6.07) is 0. The van der Waals surface area contributed by atoms with Crippen molar-refractivity contribution in [3.63, 3.8) is 0 Å². The van der Waals surface area contributed by atoms with Crippen LogP contribution >= 0.6 is 0 Å². The Morgan fingerprint density at radius 3 is 2.57 bits per heavy atom. The highest BCUT2D eigenvalue weighted by molar-refractivity contribution is 6.18. The highest BCUT2D eigenvalue weighted by Crippen LogP contribution is 2.24. The number of carboxylic acids is 1. The zero-order valence-corrected chi connectivity index (χ0v) is 7.65. The van der Waals surface area contributed by atoms with Crippen molar-refractivity contribution in [3.05, 3.63) is 11.5 Å². The number of ketones is 1. The quantitative estimate of drug-likeness (QED) is 0.630. The largest absolute Gasteiger partial charge is 0.477 e. The molecule has 76 valence electrons. The van der Waals surface area contributed by atoms with E-state index in [1.54, 1.807) is 0 Å². The van der Waals surface area contributed by atoms with Gasteiger partial charge in [0.1, 0.15) is 0 Å². The average Bonchev–Trinajstić information content (AvgIpc) is 2.70. The Morgan fingerprint density at radius 2 is 2.00 bits per heavy atom. The van der Waals surface area contributed by atoms with Crippen LogP contribution < -0.4 is 0 Å². The number of aliphatic carboxylic acids is 1. The molecule has 1 N–H and O–H groups in total. The van der Waals surface area contributed by atoms with Crippen molar-refractivity contribution in [2.24, 2.45) is 0 Å². The first-order valence-corrected chi connectivity index (χ1v) is 4.58. The predicted molar refractivity (Wildman–Crippen MR) is 46.4 cm³/mol. The second-order valence-corrected chi connectivity index (χ2v) is 3.39. The van der Waals surface area contributed by atoms with Crippen molar-refractivity contribution in [1.29, 1.82) is 0 Å². The highest BCUT2D eigenvalue weighted by Gasteiger charge is 2.34. The Hall–Kier alpha value is -1.52. The lowest BCUT2D eigenvalue weighted by atomic mass is 10.2. The summed E-state index contributed by atoms with van der Waals surface area (Å²) in [6.07, 6.45) is 2.04. The molecule has 0 aromatic rings. The van der Waals surface area contributed by atoms with E-state index in [2.05, 4.69) is 0 Å². The first-order valence-electron chi connectivity index (χ1n) is 4.58.